The normalized spacial score (nSPS) is 37.7. The zero-order chi connectivity index (χ0) is 6.32. The highest BCUT2D eigenvalue weighted by Gasteiger charge is 2.52. The van der Waals surface area contributed by atoms with Crippen LogP contribution < -0.4 is 0 Å². The Morgan fingerprint density at radius 2 is 2.11 bits per heavy atom. The second kappa shape index (κ2) is 1.72. The zero-order valence-electron chi connectivity index (χ0n) is 6.02. The van der Waals surface area contributed by atoms with Crippen LogP contribution in [0.15, 0.2) is 0 Å². The van der Waals surface area contributed by atoms with Crippen molar-refractivity contribution in [2.45, 2.75) is 38.2 Å². The summed E-state index contributed by atoms with van der Waals surface area (Å²) in [6, 6.07) is 0. The van der Waals surface area contributed by atoms with Crippen molar-refractivity contribution in [2.75, 3.05) is 7.11 Å². The van der Waals surface area contributed by atoms with Gasteiger partial charge in [0.2, 0.25) is 0 Å². The Balaban J connectivity index is 2.05. The van der Waals surface area contributed by atoms with Crippen LogP contribution in [-0.2, 0) is 4.74 Å². The van der Waals surface area contributed by atoms with Gasteiger partial charge in [0.15, 0.2) is 0 Å². The van der Waals surface area contributed by atoms with Crippen LogP contribution in [0.25, 0.3) is 0 Å². The van der Waals surface area contributed by atoms with Gasteiger partial charge < -0.3 is 4.74 Å². The highest BCUT2D eigenvalue weighted by atomic mass is 16.5. The summed E-state index contributed by atoms with van der Waals surface area (Å²) in [6.45, 7) is 0. The molecule has 1 heteroatoms. The highest BCUT2D eigenvalue weighted by molar-refractivity contribution is 5.03. The Morgan fingerprint density at radius 1 is 1.33 bits per heavy atom. The van der Waals surface area contributed by atoms with Crippen LogP contribution >= 0.6 is 0 Å². The molecule has 0 amide bonds. The molecule has 0 aliphatic heterocycles. The van der Waals surface area contributed by atoms with Crippen LogP contribution in [0.5, 0.6) is 0 Å². The van der Waals surface area contributed by atoms with Gasteiger partial charge in [-0.1, -0.05) is 6.42 Å². The standard InChI is InChI=1S/C8H14O/c1-9-7-3-2-4-8(7)5-6-8/h7H,2-6H2,1H3/t7-/m1/s1. The lowest BCUT2D eigenvalue weighted by Gasteiger charge is -2.15. The molecule has 0 saturated heterocycles. The van der Waals surface area contributed by atoms with Crippen molar-refractivity contribution in [2.24, 2.45) is 5.41 Å². The molecule has 2 rings (SSSR count). The summed E-state index contributed by atoms with van der Waals surface area (Å²) in [7, 11) is 1.86. The van der Waals surface area contributed by atoms with Crippen LogP contribution in [0.2, 0.25) is 0 Å². The van der Waals surface area contributed by atoms with Crippen LogP contribution in [-0.4, -0.2) is 13.2 Å². The quantitative estimate of drug-likeness (QED) is 0.522. The molecule has 0 aromatic rings. The summed E-state index contributed by atoms with van der Waals surface area (Å²) in [5.41, 5.74) is 0.689. The highest BCUT2D eigenvalue weighted by Crippen LogP contribution is 2.58. The predicted molar refractivity (Wildman–Crippen MR) is 36.3 cm³/mol. The molecule has 0 heterocycles. The minimum Gasteiger partial charge on any atom is -0.381 e. The second-order valence-electron chi connectivity index (χ2n) is 3.48. The van der Waals surface area contributed by atoms with Crippen molar-refractivity contribution in [3.05, 3.63) is 0 Å². The largest absolute Gasteiger partial charge is 0.381 e. The fourth-order valence-corrected chi connectivity index (χ4v) is 2.21. The number of hydrogen-bond acceptors (Lipinski definition) is 1. The molecule has 0 N–H and O–H groups in total. The lowest BCUT2D eigenvalue weighted by molar-refractivity contribution is 0.0608. The molecule has 0 aromatic carbocycles. The molecule has 2 saturated carbocycles. The predicted octanol–water partition coefficient (Wildman–Crippen LogP) is 1.97. The molecule has 2 aliphatic carbocycles. The lowest BCUT2D eigenvalue weighted by atomic mass is 10.0. The van der Waals surface area contributed by atoms with Crippen molar-refractivity contribution < 1.29 is 4.74 Å². The Labute approximate surface area is 56.4 Å². The molecule has 0 radical (unpaired) electrons. The molecule has 1 spiro atoms. The summed E-state index contributed by atoms with van der Waals surface area (Å²) in [4.78, 5) is 0. The molecule has 1 atom stereocenters. The molecule has 0 aromatic heterocycles. The van der Waals surface area contributed by atoms with Gasteiger partial charge in [-0.25, -0.2) is 0 Å². The minimum absolute atomic E-state index is 0.623. The first-order chi connectivity index (χ1) is 4.37. The van der Waals surface area contributed by atoms with Crippen molar-refractivity contribution in [3.8, 4) is 0 Å². The summed E-state index contributed by atoms with van der Waals surface area (Å²) in [6.07, 6.45) is 7.65. The van der Waals surface area contributed by atoms with Crippen molar-refractivity contribution in [3.63, 3.8) is 0 Å². The first-order valence-corrected chi connectivity index (χ1v) is 3.90. The molecule has 52 valence electrons. The van der Waals surface area contributed by atoms with Crippen LogP contribution in [0.4, 0.5) is 0 Å². The summed E-state index contributed by atoms with van der Waals surface area (Å²) < 4.78 is 5.39. The second-order valence-corrected chi connectivity index (χ2v) is 3.48. The fraction of sp³-hybridized carbons (Fsp3) is 1.00. The number of ether oxygens (including phenoxy) is 1. The monoisotopic (exact) mass is 126 g/mol. The van der Waals surface area contributed by atoms with E-state index in [0.29, 0.717) is 11.5 Å². The maximum Gasteiger partial charge on any atom is 0.0627 e. The smallest absolute Gasteiger partial charge is 0.0627 e. The molecule has 0 unspecified atom stereocenters. The first-order valence-electron chi connectivity index (χ1n) is 3.90. The molecule has 2 aliphatic rings. The van der Waals surface area contributed by atoms with E-state index in [0.717, 1.165) is 0 Å². The Kier molecular flexibility index (Phi) is 1.10. The molecule has 1 nitrogen and oxygen atoms in total. The fourth-order valence-electron chi connectivity index (χ4n) is 2.21. The Hall–Kier alpha value is -0.0400. The number of rotatable bonds is 1. The van der Waals surface area contributed by atoms with Gasteiger partial charge in [0.1, 0.15) is 0 Å². The van der Waals surface area contributed by atoms with E-state index in [-0.39, 0.29) is 0 Å². The first kappa shape index (κ1) is 5.72. The summed E-state index contributed by atoms with van der Waals surface area (Å²) in [5.74, 6) is 0. The van der Waals surface area contributed by atoms with Crippen LogP contribution in [0, 0.1) is 5.41 Å². The van der Waals surface area contributed by atoms with Gasteiger partial charge in [-0.05, 0) is 31.1 Å². The molecular weight excluding hydrogens is 112 g/mol. The minimum atomic E-state index is 0.623. The maximum atomic E-state index is 5.39. The van der Waals surface area contributed by atoms with E-state index in [1.165, 1.54) is 32.1 Å². The topological polar surface area (TPSA) is 9.23 Å². The van der Waals surface area contributed by atoms with Crippen molar-refractivity contribution in [1.82, 2.24) is 0 Å². The lowest BCUT2D eigenvalue weighted by Crippen LogP contribution is -2.16. The van der Waals surface area contributed by atoms with Gasteiger partial charge in [-0.3, -0.25) is 0 Å². The third-order valence-corrected chi connectivity index (χ3v) is 3.00. The van der Waals surface area contributed by atoms with E-state index in [1.54, 1.807) is 0 Å². The summed E-state index contributed by atoms with van der Waals surface area (Å²) in [5, 5.41) is 0. The molecular formula is C8H14O. The van der Waals surface area contributed by atoms with Gasteiger partial charge in [0.05, 0.1) is 6.10 Å². The van der Waals surface area contributed by atoms with E-state index in [2.05, 4.69) is 0 Å². The zero-order valence-corrected chi connectivity index (χ0v) is 6.02. The van der Waals surface area contributed by atoms with Gasteiger partial charge >= 0.3 is 0 Å². The number of hydrogen-bond donors (Lipinski definition) is 0. The van der Waals surface area contributed by atoms with Crippen LogP contribution in [0.1, 0.15) is 32.1 Å². The maximum absolute atomic E-state index is 5.39. The van der Waals surface area contributed by atoms with E-state index >= 15 is 0 Å². The van der Waals surface area contributed by atoms with Crippen LogP contribution in [0.3, 0.4) is 0 Å². The average molecular weight is 126 g/mol. The SMILES string of the molecule is CO[C@@H]1CCCC12CC2. The third kappa shape index (κ3) is 0.710. The Morgan fingerprint density at radius 3 is 2.56 bits per heavy atom. The van der Waals surface area contributed by atoms with Gasteiger partial charge in [0, 0.05) is 7.11 Å². The van der Waals surface area contributed by atoms with E-state index in [9.17, 15) is 0 Å². The number of methoxy groups -OCH3 is 1. The molecule has 0 bridgehead atoms. The van der Waals surface area contributed by atoms with Crippen molar-refractivity contribution >= 4 is 0 Å². The Bertz CT molecular complexity index is 116. The summed E-state index contributed by atoms with van der Waals surface area (Å²) >= 11 is 0. The van der Waals surface area contributed by atoms with Crippen molar-refractivity contribution in [1.29, 1.82) is 0 Å². The van der Waals surface area contributed by atoms with Gasteiger partial charge in [-0.2, -0.15) is 0 Å². The van der Waals surface area contributed by atoms with Gasteiger partial charge in [-0.15, -0.1) is 0 Å². The third-order valence-electron chi connectivity index (χ3n) is 3.00. The van der Waals surface area contributed by atoms with E-state index in [4.69, 9.17) is 4.74 Å². The van der Waals surface area contributed by atoms with Gasteiger partial charge in [0.25, 0.3) is 0 Å². The average Bonchev–Trinajstić information content (AvgIpc) is 2.45. The van der Waals surface area contributed by atoms with E-state index in [1.807, 2.05) is 7.11 Å². The molecule has 2 fully saturated rings. The molecule has 9 heavy (non-hydrogen) atoms. The van der Waals surface area contributed by atoms with E-state index < -0.39 is 0 Å².